The molecule has 1 radical (unpaired) electrons. The van der Waals surface area contributed by atoms with E-state index in [1.165, 1.54) is 12.1 Å². The first-order chi connectivity index (χ1) is 47.7. The van der Waals surface area contributed by atoms with Crippen molar-refractivity contribution in [2.24, 2.45) is 21.6 Å². The summed E-state index contributed by atoms with van der Waals surface area (Å²) in [4.78, 5) is 183. The van der Waals surface area contributed by atoms with Crippen molar-refractivity contribution in [2.75, 3.05) is 88.8 Å². The molecule has 571 valence electrons. The topological polar surface area (TPSA) is 707 Å². The number of carboxylic acid groups (broad SMARTS) is 5. The van der Waals surface area contributed by atoms with Gasteiger partial charge in [-0.3, -0.25) is 78.0 Å². The molecule has 27 N–H and O–H groups in total. The van der Waals surface area contributed by atoms with Crippen LogP contribution in [-0.4, -0.2) is 298 Å². The number of carboxylic acids is 5. The zero-order valence-electron chi connectivity index (χ0n) is 54.0. The van der Waals surface area contributed by atoms with Crippen molar-refractivity contribution in [2.45, 2.75) is 91.5 Å². The number of aliphatic hydroxyl groups excluding tert-OH is 6. The number of nitrogens with two attached hydrogens (primary N) is 2. The predicted octanol–water partition coefficient (Wildman–Crippen LogP) is -9.85. The molecule has 2 rings (SSSR count). The molecule has 102 heavy (non-hydrogen) atoms. The van der Waals surface area contributed by atoms with Crippen LogP contribution in [0.15, 0.2) is 58.8 Å². The Bertz CT molecular complexity index is 3060. The molecule has 0 aliphatic carbocycles. The molecule has 8 atom stereocenters. The van der Waals surface area contributed by atoms with Crippen molar-refractivity contribution < 1.29 is 143 Å². The Balaban J connectivity index is 0. The van der Waals surface area contributed by atoms with Crippen molar-refractivity contribution >= 4 is 145 Å². The SMILES string of the molecule is N=Nc1ccc(C(=O)N[C@@H](CS)C(=O)N[C@@H](CC(=O)O)C(=O)N[C@@H](CS)C(=O)N[C@@H](CCCN=C(N)N)C(=O)NCC(=O)N[C@@H](CC(=O)O)C(=O)N[C@@H](CS)C(=O)N[C@@H](Cc2ccccc2)C(=O)N[C@@H](CS)C(=O)O)cn1.O=C(O)CNC(CO)(CO)CO.O=C(O)CNC(CO)(CO)CO.[99Tc]. The number of benzene rings is 1. The number of pyridine rings is 1. The van der Waals surface area contributed by atoms with E-state index in [0.717, 1.165) is 6.20 Å². The number of carbonyl (C=O) groups excluding carboxylic acids is 9. The summed E-state index contributed by atoms with van der Waals surface area (Å²) >= 11 is 16.2. The molecule has 1 heterocycles. The van der Waals surface area contributed by atoms with E-state index < -0.39 is 226 Å². The van der Waals surface area contributed by atoms with E-state index in [9.17, 15) is 82.4 Å². The van der Waals surface area contributed by atoms with Crippen LogP contribution in [0.4, 0.5) is 5.82 Å². The third-order valence-electron chi connectivity index (χ3n) is 13.4. The molecule has 1 aromatic heterocycles. The van der Waals surface area contributed by atoms with Gasteiger partial charge in [-0.25, -0.2) is 15.3 Å². The second-order valence-electron chi connectivity index (χ2n) is 21.2. The minimum Gasteiger partial charge on any atom is -0.481 e. The van der Waals surface area contributed by atoms with Gasteiger partial charge in [0.1, 0.15) is 48.3 Å². The van der Waals surface area contributed by atoms with Crippen molar-refractivity contribution in [3.8, 4) is 0 Å². The molecule has 42 nitrogen and oxygen atoms in total. The zero-order chi connectivity index (χ0) is 77.0. The molecule has 0 saturated carbocycles. The zero-order valence-corrected chi connectivity index (χ0v) is 59.4. The normalized spacial score (nSPS) is 13.1. The van der Waals surface area contributed by atoms with E-state index >= 15 is 0 Å². The second kappa shape index (κ2) is 51.6. The van der Waals surface area contributed by atoms with Gasteiger partial charge in [0.05, 0.1) is 88.8 Å². The van der Waals surface area contributed by atoms with Crippen LogP contribution in [-0.2, 0) is 88.9 Å². The van der Waals surface area contributed by atoms with Gasteiger partial charge in [-0.05, 0) is 30.5 Å². The van der Waals surface area contributed by atoms with Crippen LogP contribution in [0.3, 0.4) is 0 Å². The molecule has 0 aliphatic heterocycles. The molecule has 1 aromatic carbocycles. The number of hydrogen-bond donors (Lipinski definition) is 29. The van der Waals surface area contributed by atoms with Gasteiger partial charge in [-0.1, -0.05) is 30.3 Å². The van der Waals surface area contributed by atoms with Gasteiger partial charge in [0.25, 0.3) is 5.91 Å². The van der Waals surface area contributed by atoms with Gasteiger partial charge in [-0.15, -0.1) is 5.11 Å². The van der Waals surface area contributed by atoms with Gasteiger partial charge < -0.3 is 115 Å². The Labute approximate surface area is 616 Å². The van der Waals surface area contributed by atoms with Crippen LogP contribution in [0, 0.1) is 5.53 Å². The van der Waals surface area contributed by atoms with Crippen LogP contribution >= 0.6 is 50.5 Å². The summed E-state index contributed by atoms with van der Waals surface area (Å²) in [7, 11) is 0. The van der Waals surface area contributed by atoms with Crippen molar-refractivity contribution in [3.63, 3.8) is 0 Å². The number of nitrogens with zero attached hydrogens (tertiary/aromatic N) is 3. The molecule has 0 bridgehead atoms. The van der Waals surface area contributed by atoms with Crippen molar-refractivity contribution in [3.05, 3.63) is 59.8 Å². The first-order valence-electron chi connectivity index (χ1n) is 29.5. The predicted molar refractivity (Wildman–Crippen MR) is 364 cm³/mol. The molecule has 0 spiro atoms. The molecular formula is C55H85N17O25S4Tc. The number of thiol groups is 4. The molecule has 0 unspecified atom stereocenters. The number of amides is 9. The number of aliphatic carboxylic acids is 5. The maximum atomic E-state index is 13.6. The third-order valence-corrected chi connectivity index (χ3v) is 14.8. The Morgan fingerprint density at radius 3 is 1.25 bits per heavy atom. The molecular weight excluding hydrogens is 1530 g/mol. The summed E-state index contributed by atoms with van der Waals surface area (Å²) in [5.41, 5.74) is 15.7. The number of rotatable bonds is 46. The standard InChI is InChI=1S/C43H59N15O15S4.2C6H13NO5.Tc/c44-43(45)47-10-4-7-22(51-39(69)27(17-75)56-38(68)25(13-33(62)63)53-40(70)26(16-74)54-34(64)21-8-9-30(58-46)48-14-21)35(65)49-15-31(59)50-24(12-32(60)61)37(67)55-28(18-76)41(71)52-23(11-20-5-2-1-3-6-20)36(66)57-29(19-77)42(72)73;2*8-2-6(3-9,4-10)7-1-5(11)12;/h1-3,5-6,8-9,14,22-29,46,74-77H,4,7,10-13,15-19H2,(H,49,65)(H,50,59)(H,51,69)(H,52,71)(H,53,70)(H,54,64)(H,55,67)(H,56,68)(H,57,66)(H,60,61)(H,62,63)(H,72,73)(H4,44,45,47);2*7-10H,1-4H2,(H,11,12);/t22-,23-,24-,25-,26-,27-,28-,29-;;;/m0.../s1/i;;;1+1. The van der Waals surface area contributed by atoms with Crippen LogP contribution in [0.2, 0.25) is 0 Å². The second-order valence-corrected chi connectivity index (χ2v) is 22.6. The fraction of sp³-hybridized carbons (Fsp3) is 0.527. The summed E-state index contributed by atoms with van der Waals surface area (Å²) in [5, 5.41) is 126. The monoisotopic (exact) mass is 1610 g/mol. The number of nitrogens with one attached hydrogen (secondary N) is 12. The van der Waals surface area contributed by atoms with E-state index in [1.807, 2.05) is 0 Å². The molecule has 0 fully saturated rings. The van der Waals surface area contributed by atoms with Gasteiger partial charge in [0.15, 0.2) is 11.8 Å². The van der Waals surface area contributed by atoms with Crippen LogP contribution in [0.5, 0.6) is 0 Å². The van der Waals surface area contributed by atoms with E-state index in [1.54, 1.807) is 30.3 Å². The van der Waals surface area contributed by atoms with Crippen molar-refractivity contribution in [1.29, 1.82) is 5.53 Å². The summed E-state index contributed by atoms with van der Waals surface area (Å²) in [6.45, 7) is -4.96. The van der Waals surface area contributed by atoms with E-state index in [-0.39, 0.29) is 74.8 Å². The third kappa shape index (κ3) is 37.5. The Kier molecular flexibility index (Phi) is 48.4. The summed E-state index contributed by atoms with van der Waals surface area (Å²) in [6.07, 6.45) is -1.32. The molecule has 9 amide bonds. The molecule has 0 aliphatic rings. The number of guanidine groups is 1. The van der Waals surface area contributed by atoms with Crippen LogP contribution in [0.25, 0.3) is 0 Å². The number of aliphatic imine (C=N–C) groups is 1. The number of carbonyl (C=O) groups is 14. The van der Waals surface area contributed by atoms with Crippen molar-refractivity contribution in [1.82, 2.24) is 63.5 Å². The Morgan fingerprint density at radius 2 is 0.873 bits per heavy atom. The summed E-state index contributed by atoms with van der Waals surface area (Å²) in [6, 6.07) is -1.92. The van der Waals surface area contributed by atoms with Crippen LogP contribution < -0.4 is 70.0 Å². The van der Waals surface area contributed by atoms with Crippen LogP contribution in [0.1, 0.15) is 41.6 Å². The molecule has 2 aromatic rings. The fourth-order valence-electron chi connectivity index (χ4n) is 7.53. The first-order valence-corrected chi connectivity index (χ1v) is 32.0. The number of hydrogen-bond acceptors (Lipinski definition) is 30. The maximum absolute atomic E-state index is 13.6. The van der Waals surface area contributed by atoms with E-state index in [0.29, 0.717) is 5.56 Å². The minimum absolute atomic E-state index is 0. The smallest absolute Gasteiger partial charge is 0.327 e. The van der Waals surface area contributed by atoms with Gasteiger partial charge in [0.2, 0.25) is 47.3 Å². The van der Waals surface area contributed by atoms with Gasteiger partial charge in [-0.2, -0.15) is 50.5 Å². The Hall–Kier alpha value is -8.45. The minimum atomic E-state index is -1.89. The fourth-order valence-corrected chi connectivity index (χ4v) is 8.55. The van der Waals surface area contributed by atoms with Gasteiger partial charge >= 0.3 is 29.8 Å². The number of aliphatic hydroxyl groups is 6. The maximum Gasteiger partial charge on any atom is 0.327 e. The summed E-state index contributed by atoms with van der Waals surface area (Å²) < 4.78 is 0. The van der Waals surface area contributed by atoms with Gasteiger partial charge in [0, 0.05) is 62.3 Å². The van der Waals surface area contributed by atoms with E-state index in [4.69, 9.17) is 57.9 Å². The first kappa shape index (κ1) is 95.6. The van der Waals surface area contributed by atoms with E-state index in [2.05, 4.69) is 124 Å². The average molecular weight is 1610 g/mol. The Morgan fingerprint density at radius 1 is 0.480 bits per heavy atom. The average Bonchev–Trinajstić information content (AvgIpc) is 0.868. The summed E-state index contributed by atoms with van der Waals surface area (Å²) in [5.74, 6) is -18.1. The quantitative estimate of drug-likeness (QED) is 0.00962. The largest absolute Gasteiger partial charge is 0.481 e. The number of aromatic nitrogens is 1. The molecule has 47 heteroatoms. The molecule has 0 saturated heterocycles.